The summed E-state index contributed by atoms with van der Waals surface area (Å²) in [4.78, 5) is 12.1. The lowest BCUT2D eigenvalue weighted by atomic mass is 9.91. The van der Waals surface area contributed by atoms with E-state index in [4.69, 9.17) is 19.9 Å². The molecule has 4 atom stereocenters. The zero-order valence-electron chi connectivity index (χ0n) is 15.2. The SMILES string of the molecule is C[C@@H]1OC(=O)[C@@H](N)COC[C@H](Cc2ccc(F)cc2)C1OC1CCCC1. The second-order valence-electron chi connectivity index (χ2n) is 7.38. The molecule has 2 N–H and O–H groups in total. The van der Waals surface area contributed by atoms with Crippen LogP contribution in [-0.2, 0) is 25.4 Å². The number of ether oxygens (including phenoxy) is 3. The minimum Gasteiger partial charge on any atom is -0.459 e. The Kier molecular flexibility index (Phi) is 6.62. The number of hydrogen-bond donors (Lipinski definition) is 1. The van der Waals surface area contributed by atoms with Crippen LogP contribution in [0.15, 0.2) is 24.3 Å². The van der Waals surface area contributed by atoms with Gasteiger partial charge in [0.2, 0.25) is 0 Å². The Morgan fingerprint density at radius 1 is 1.19 bits per heavy atom. The number of cyclic esters (lactones) is 1. The van der Waals surface area contributed by atoms with Crippen molar-refractivity contribution in [2.75, 3.05) is 13.2 Å². The maximum atomic E-state index is 13.2. The lowest BCUT2D eigenvalue weighted by Gasteiger charge is -2.33. The van der Waals surface area contributed by atoms with Gasteiger partial charge >= 0.3 is 5.97 Å². The molecule has 1 aromatic rings. The zero-order valence-corrected chi connectivity index (χ0v) is 15.2. The summed E-state index contributed by atoms with van der Waals surface area (Å²) in [6, 6.07) is 5.68. The molecule has 1 heterocycles. The second kappa shape index (κ2) is 8.93. The molecule has 1 unspecified atom stereocenters. The first-order valence-electron chi connectivity index (χ1n) is 9.46. The minimum absolute atomic E-state index is 0.00541. The number of carbonyl (C=O) groups excluding carboxylic acids is 1. The molecule has 2 fully saturated rings. The maximum Gasteiger partial charge on any atom is 0.325 e. The highest BCUT2D eigenvalue weighted by molar-refractivity contribution is 5.75. The third kappa shape index (κ3) is 5.02. The largest absolute Gasteiger partial charge is 0.459 e. The van der Waals surface area contributed by atoms with Gasteiger partial charge in [0.1, 0.15) is 18.0 Å². The highest BCUT2D eigenvalue weighted by atomic mass is 19.1. The van der Waals surface area contributed by atoms with Crippen LogP contribution < -0.4 is 5.73 Å². The minimum atomic E-state index is -0.783. The van der Waals surface area contributed by atoms with E-state index in [-0.39, 0.29) is 30.5 Å². The van der Waals surface area contributed by atoms with Gasteiger partial charge in [-0.15, -0.1) is 0 Å². The van der Waals surface area contributed by atoms with Crippen LogP contribution >= 0.6 is 0 Å². The van der Waals surface area contributed by atoms with Crippen molar-refractivity contribution >= 4 is 5.97 Å². The molecule has 0 amide bonds. The van der Waals surface area contributed by atoms with Crippen molar-refractivity contribution in [2.45, 2.75) is 63.4 Å². The molecule has 0 radical (unpaired) electrons. The summed E-state index contributed by atoms with van der Waals surface area (Å²) < 4.78 is 30.9. The summed E-state index contributed by atoms with van der Waals surface area (Å²) in [7, 11) is 0. The molecular formula is C20H28FNO4. The van der Waals surface area contributed by atoms with Crippen molar-refractivity contribution in [3.05, 3.63) is 35.6 Å². The summed E-state index contributed by atoms with van der Waals surface area (Å²) in [5, 5.41) is 0. The molecule has 0 spiro atoms. The molecule has 3 rings (SSSR count). The Bertz CT molecular complexity index is 588. The van der Waals surface area contributed by atoms with Crippen LogP contribution in [0.25, 0.3) is 0 Å². The van der Waals surface area contributed by atoms with E-state index in [0.29, 0.717) is 13.0 Å². The predicted molar refractivity (Wildman–Crippen MR) is 95.1 cm³/mol. The molecule has 6 heteroatoms. The fourth-order valence-electron chi connectivity index (χ4n) is 3.80. The smallest absolute Gasteiger partial charge is 0.325 e. The molecule has 26 heavy (non-hydrogen) atoms. The molecule has 1 aliphatic heterocycles. The van der Waals surface area contributed by atoms with Crippen molar-refractivity contribution in [1.82, 2.24) is 0 Å². The number of hydrogen-bond acceptors (Lipinski definition) is 5. The van der Waals surface area contributed by atoms with Gasteiger partial charge in [-0.05, 0) is 43.9 Å². The van der Waals surface area contributed by atoms with Crippen LogP contribution in [0.2, 0.25) is 0 Å². The third-order valence-electron chi connectivity index (χ3n) is 5.22. The van der Waals surface area contributed by atoms with E-state index < -0.39 is 18.1 Å². The monoisotopic (exact) mass is 365 g/mol. The van der Waals surface area contributed by atoms with Gasteiger partial charge < -0.3 is 19.9 Å². The van der Waals surface area contributed by atoms with E-state index in [2.05, 4.69) is 0 Å². The fraction of sp³-hybridized carbons (Fsp3) is 0.650. The number of carbonyl (C=O) groups is 1. The number of nitrogens with two attached hydrogens (primary N) is 1. The summed E-state index contributed by atoms with van der Waals surface area (Å²) in [5.41, 5.74) is 6.82. The van der Waals surface area contributed by atoms with E-state index >= 15 is 0 Å². The van der Waals surface area contributed by atoms with Crippen LogP contribution in [0.4, 0.5) is 4.39 Å². The summed E-state index contributed by atoms with van der Waals surface area (Å²) >= 11 is 0. The first kappa shape index (κ1) is 19.3. The van der Waals surface area contributed by atoms with Crippen LogP contribution in [0.1, 0.15) is 38.2 Å². The number of esters is 1. The van der Waals surface area contributed by atoms with Gasteiger partial charge in [0, 0.05) is 5.92 Å². The molecule has 1 aromatic carbocycles. The van der Waals surface area contributed by atoms with E-state index in [1.807, 2.05) is 6.92 Å². The van der Waals surface area contributed by atoms with Crippen LogP contribution in [0.3, 0.4) is 0 Å². The number of rotatable bonds is 4. The normalized spacial score (nSPS) is 31.1. The van der Waals surface area contributed by atoms with Gasteiger partial charge in [0.05, 0.1) is 25.4 Å². The summed E-state index contributed by atoms with van der Waals surface area (Å²) in [6.45, 7) is 2.40. The summed E-state index contributed by atoms with van der Waals surface area (Å²) in [6.07, 6.45) is 4.53. The van der Waals surface area contributed by atoms with Gasteiger partial charge in [0.15, 0.2) is 0 Å². The summed E-state index contributed by atoms with van der Waals surface area (Å²) in [5.74, 6) is -0.722. The fourth-order valence-corrected chi connectivity index (χ4v) is 3.80. The first-order valence-corrected chi connectivity index (χ1v) is 9.46. The quantitative estimate of drug-likeness (QED) is 0.831. The van der Waals surface area contributed by atoms with Gasteiger partial charge in [-0.2, -0.15) is 0 Å². The second-order valence-corrected chi connectivity index (χ2v) is 7.38. The van der Waals surface area contributed by atoms with Crippen LogP contribution in [0.5, 0.6) is 0 Å². The Morgan fingerprint density at radius 2 is 1.88 bits per heavy atom. The highest BCUT2D eigenvalue weighted by Crippen LogP contribution is 2.29. The topological polar surface area (TPSA) is 70.8 Å². The van der Waals surface area contributed by atoms with Crippen molar-refractivity contribution < 1.29 is 23.4 Å². The molecule has 5 nitrogen and oxygen atoms in total. The average molecular weight is 365 g/mol. The Balaban J connectivity index is 1.79. The lowest BCUT2D eigenvalue weighted by molar-refractivity contribution is -0.163. The molecule has 1 saturated heterocycles. The van der Waals surface area contributed by atoms with E-state index in [1.165, 1.54) is 12.1 Å². The zero-order chi connectivity index (χ0) is 18.5. The molecule has 0 bridgehead atoms. The van der Waals surface area contributed by atoms with Gasteiger partial charge in [-0.1, -0.05) is 25.0 Å². The Hall–Kier alpha value is -1.50. The van der Waals surface area contributed by atoms with Gasteiger partial charge in [0.25, 0.3) is 0 Å². The van der Waals surface area contributed by atoms with Crippen LogP contribution in [-0.4, -0.2) is 43.5 Å². The molecule has 2 aliphatic rings. The van der Waals surface area contributed by atoms with E-state index in [0.717, 1.165) is 31.2 Å². The standard InChI is InChI=1S/C20H28FNO4/c1-13-19(26-17-4-2-3-5-17)15(10-14-6-8-16(21)9-7-14)11-24-12-18(22)20(23)25-13/h6-9,13,15,17-19H,2-5,10-12,22H2,1H3/t13-,15-,18-,19?/m0/s1. The van der Waals surface area contributed by atoms with Crippen LogP contribution in [0, 0.1) is 11.7 Å². The maximum absolute atomic E-state index is 13.2. The number of benzene rings is 1. The lowest BCUT2D eigenvalue weighted by Crippen LogP contribution is -2.43. The molecule has 0 aromatic heterocycles. The van der Waals surface area contributed by atoms with Crippen molar-refractivity contribution in [2.24, 2.45) is 11.7 Å². The Morgan fingerprint density at radius 3 is 2.58 bits per heavy atom. The Labute approximate surface area is 154 Å². The van der Waals surface area contributed by atoms with Crippen molar-refractivity contribution in [3.8, 4) is 0 Å². The van der Waals surface area contributed by atoms with Gasteiger partial charge in [-0.3, -0.25) is 4.79 Å². The molecule has 1 saturated carbocycles. The number of halogens is 1. The van der Waals surface area contributed by atoms with E-state index in [9.17, 15) is 9.18 Å². The average Bonchev–Trinajstić information content (AvgIpc) is 3.13. The molecule has 144 valence electrons. The first-order chi connectivity index (χ1) is 12.5. The molecule has 1 aliphatic carbocycles. The predicted octanol–water partition coefficient (Wildman–Crippen LogP) is 2.60. The van der Waals surface area contributed by atoms with Crippen molar-refractivity contribution in [3.63, 3.8) is 0 Å². The van der Waals surface area contributed by atoms with Crippen molar-refractivity contribution in [1.29, 1.82) is 0 Å². The van der Waals surface area contributed by atoms with Gasteiger partial charge in [-0.25, -0.2) is 4.39 Å². The third-order valence-corrected chi connectivity index (χ3v) is 5.22. The van der Waals surface area contributed by atoms with E-state index in [1.54, 1.807) is 12.1 Å². The highest BCUT2D eigenvalue weighted by Gasteiger charge is 2.36. The molecular weight excluding hydrogens is 337 g/mol.